The maximum absolute atomic E-state index is 12.5. The fourth-order valence-corrected chi connectivity index (χ4v) is 4.69. The van der Waals surface area contributed by atoms with E-state index in [-0.39, 0.29) is 5.91 Å². The van der Waals surface area contributed by atoms with Crippen LogP contribution in [0.1, 0.15) is 32.3 Å². The average Bonchev–Trinajstić information content (AvgIpc) is 2.89. The molecule has 1 N–H and O–H groups in total. The van der Waals surface area contributed by atoms with Gasteiger partial charge < -0.3 is 9.74 Å². The van der Waals surface area contributed by atoms with Crippen LogP contribution < -0.4 is 5.32 Å². The smallest absolute Gasteiger partial charge is 0.256 e. The van der Waals surface area contributed by atoms with Crippen LogP contribution in [0.25, 0.3) is 5.57 Å². The zero-order chi connectivity index (χ0) is 19.5. The topological polar surface area (TPSA) is 62.1 Å². The molecule has 0 aromatic heterocycles. The molecule has 4 nitrogen and oxygen atoms in total. The molecule has 0 saturated carbocycles. The number of rotatable bonds is 6. The third-order valence-electron chi connectivity index (χ3n) is 4.18. The summed E-state index contributed by atoms with van der Waals surface area (Å²) in [5.74, 6) is -0.107. The molecule has 2 rings (SSSR count). The fourth-order valence-electron chi connectivity index (χ4n) is 2.98. The molecule has 0 bridgehead atoms. The minimum absolute atomic E-state index is 0.107. The molecule has 0 radical (unpaired) electrons. The van der Waals surface area contributed by atoms with Crippen LogP contribution in [0.5, 0.6) is 0 Å². The molecule has 1 aromatic carbocycles. The van der Waals surface area contributed by atoms with Gasteiger partial charge in [-0.3, -0.25) is 4.79 Å². The van der Waals surface area contributed by atoms with E-state index < -0.39 is 13.9 Å². The molecule has 1 aliphatic rings. The Bertz CT molecular complexity index is 818. The Hall–Kier alpha value is -1.68. The van der Waals surface area contributed by atoms with E-state index in [4.69, 9.17) is 4.43 Å². The van der Waals surface area contributed by atoms with Gasteiger partial charge in [0.05, 0.1) is 5.57 Å². The molecule has 1 heterocycles. The molecule has 6 heteroatoms. The first-order valence-corrected chi connectivity index (χ1v) is 13.0. The van der Waals surface area contributed by atoms with Crippen LogP contribution in [0.15, 0.2) is 40.4 Å². The van der Waals surface area contributed by atoms with Crippen LogP contribution in [0, 0.1) is 11.3 Å². The lowest BCUT2D eigenvalue weighted by atomic mass is 9.95. The van der Waals surface area contributed by atoms with Gasteiger partial charge in [0.2, 0.25) is 0 Å². The monoisotopic (exact) mass is 432 g/mol. The number of hydrogen-bond donors (Lipinski definition) is 1. The van der Waals surface area contributed by atoms with E-state index in [1.165, 1.54) is 0 Å². The molecular weight excluding hydrogens is 408 g/mol. The summed E-state index contributed by atoms with van der Waals surface area (Å²) in [6.07, 6.45) is 4.95. The molecule has 0 fully saturated rings. The molecule has 26 heavy (non-hydrogen) atoms. The average molecular weight is 433 g/mol. The van der Waals surface area contributed by atoms with Crippen LogP contribution in [-0.2, 0) is 9.22 Å². The van der Waals surface area contributed by atoms with Crippen LogP contribution in [0.2, 0.25) is 19.6 Å². The highest BCUT2D eigenvalue weighted by atomic mass is 79.9. The minimum Gasteiger partial charge on any atom is -0.397 e. The molecule has 1 atom stereocenters. The van der Waals surface area contributed by atoms with Gasteiger partial charge in [-0.05, 0) is 62.3 Å². The standard InChI is InChI=1S/C20H25BrN2O2Si/c1-6-14(10-11-20(7-2,13-22)25-26(3,4)5)18-16-12-15(21)8-9-17(16)23-19(18)24/h8-12H,6-7H2,1-5H3,(H,23,24)/b11-10+,18-14-/t20-/m0/s1. The molecular formula is C20H25BrN2O2Si. The van der Waals surface area contributed by atoms with Crippen molar-refractivity contribution in [1.29, 1.82) is 5.26 Å². The van der Waals surface area contributed by atoms with Gasteiger partial charge in [0, 0.05) is 15.7 Å². The van der Waals surface area contributed by atoms with Crippen LogP contribution in [-0.4, -0.2) is 19.8 Å². The SMILES string of the molecule is CCC(/C=C/[C@](C#N)(CC)O[Si](C)(C)C)=C1/C(=O)Nc2ccc(Br)cc21. The van der Waals surface area contributed by atoms with Gasteiger partial charge in [0.15, 0.2) is 13.9 Å². The van der Waals surface area contributed by atoms with Crippen molar-refractivity contribution < 1.29 is 9.22 Å². The van der Waals surface area contributed by atoms with Crippen molar-refractivity contribution in [2.24, 2.45) is 0 Å². The predicted molar refractivity (Wildman–Crippen MR) is 112 cm³/mol. The maximum atomic E-state index is 12.5. The third-order valence-corrected chi connectivity index (χ3v) is 5.65. The number of carbonyl (C=O) groups excluding carboxylic acids is 1. The number of hydrogen-bond acceptors (Lipinski definition) is 3. The van der Waals surface area contributed by atoms with E-state index >= 15 is 0 Å². The van der Waals surface area contributed by atoms with Crippen LogP contribution in [0.4, 0.5) is 5.69 Å². The van der Waals surface area contributed by atoms with Gasteiger partial charge in [-0.25, -0.2) is 0 Å². The predicted octanol–water partition coefficient (Wildman–Crippen LogP) is 5.64. The van der Waals surface area contributed by atoms with E-state index in [1.807, 2.05) is 44.2 Å². The van der Waals surface area contributed by atoms with Crippen molar-refractivity contribution in [2.75, 3.05) is 5.32 Å². The minimum atomic E-state index is -1.90. The van der Waals surface area contributed by atoms with Crippen LogP contribution in [0.3, 0.4) is 0 Å². The number of fused-ring (bicyclic) bond motifs is 1. The molecule has 1 aliphatic heterocycles. The molecule has 0 aliphatic carbocycles. The van der Waals surface area contributed by atoms with Crippen molar-refractivity contribution in [3.63, 3.8) is 0 Å². The first kappa shape index (κ1) is 20.6. The highest BCUT2D eigenvalue weighted by Gasteiger charge is 2.33. The summed E-state index contributed by atoms with van der Waals surface area (Å²) in [7, 11) is -1.90. The second-order valence-corrected chi connectivity index (χ2v) is 12.6. The molecule has 1 amide bonds. The summed E-state index contributed by atoms with van der Waals surface area (Å²) in [6.45, 7) is 10.2. The summed E-state index contributed by atoms with van der Waals surface area (Å²) in [5, 5.41) is 12.6. The lowest BCUT2D eigenvalue weighted by molar-refractivity contribution is -0.110. The van der Waals surface area contributed by atoms with Crippen molar-refractivity contribution in [2.45, 2.75) is 51.9 Å². The van der Waals surface area contributed by atoms with Crippen molar-refractivity contribution >= 4 is 41.4 Å². The Morgan fingerprint density at radius 2 is 2.08 bits per heavy atom. The maximum Gasteiger partial charge on any atom is 0.256 e. The molecule has 138 valence electrons. The Kier molecular flexibility index (Phi) is 6.27. The number of nitriles is 1. The van der Waals surface area contributed by atoms with Crippen molar-refractivity contribution in [3.05, 3.63) is 46.0 Å². The number of carbonyl (C=O) groups is 1. The van der Waals surface area contributed by atoms with E-state index in [0.717, 1.165) is 21.3 Å². The normalized spacial score (nSPS) is 18.3. The number of halogens is 1. The van der Waals surface area contributed by atoms with E-state index in [1.54, 1.807) is 0 Å². The zero-order valence-electron chi connectivity index (χ0n) is 15.9. The first-order valence-electron chi connectivity index (χ1n) is 8.79. The third kappa shape index (κ3) is 4.53. The summed E-state index contributed by atoms with van der Waals surface area (Å²) < 4.78 is 7.08. The van der Waals surface area contributed by atoms with E-state index in [9.17, 15) is 10.1 Å². The Balaban J connectivity index is 2.50. The van der Waals surface area contributed by atoms with Crippen molar-refractivity contribution in [3.8, 4) is 6.07 Å². The van der Waals surface area contributed by atoms with Gasteiger partial charge in [-0.1, -0.05) is 35.9 Å². The van der Waals surface area contributed by atoms with E-state index in [0.29, 0.717) is 18.4 Å². The number of allylic oxidation sites excluding steroid dienone is 2. The highest BCUT2D eigenvalue weighted by molar-refractivity contribution is 9.10. The summed E-state index contributed by atoms with van der Waals surface area (Å²) >= 11 is 3.47. The number of benzene rings is 1. The van der Waals surface area contributed by atoms with Gasteiger partial charge in [0.1, 0.15) is 6.07 Å². The number of nitrogens with one attached hydrogen (secondary N) is 1. The zero-order valence-corrected chi connectivity index (χ0v) is 18.5. The molecule has 1 aromatic rings. The van der Waals surface area contributed by atoms with Gasteiger partial charge in [-0.2, -0.15) is 5.26 Å². The Morgan fingerprint density at radius 1 is 1.38 bits per heavy atom. The molecule has 0 spiro atoms. The lowest BCUT2D eigenvalue weighted by Gasteiger charge is -2.30. The first-order chi connectivity index (χ1) is 12.1. The highest BCUT2D eigenvalue weighted by Crippen LogP contribution is 2.37. The van der Waals surface area contributed by atoms with Crippen molar-refractivity contribution in [1.82, 2.24) is 0 Å². The second kappa shape index (κ2) is 7.91. The van der Waals surface area contributed by atoms with Gasteiger partial charge >= 0.3 is 0 Å². The lowest BCUT2D eigenvalue weighted by Crippen LogP contribution is -2.40. The van der Waals surface area contributed by atoms with Gasteiger partial charge in [0.25, 0.3) is 5.91 Å². The Labute approximate surface area is 165 Å². The van der Waals surface area contributed by atoms with E-state index in [2.05, 4.69) is 47.0 Å². The number of amides is 1. The largest absolute Gasteiger partial charge is 0.397 e. The molecule has 0 saturated heterocycles. The Morgan fingerprint density at radius 3 is 2.62 bits per heavy atom. The number of nitrogens with zero attached hydrogens (tertiary/aromatic N) is 1. The van der Waals surface area contributed by atoms with Gasteiger partial charge in [-0.15, -0.1) is 0 Å². The summed E-state index contributed by atoms with van der Waals surface area (Å²) in [5.41, 5.74) is 2.30. The molecule has 0 unspecified atom stereocenters. The van der Waals surface area contributed by atoms with Crippen LogP contribution >= 0.6 is 15.9 Å². The number of anilines is 1. The second-order valence-electron chi connectivity index (χ2n) is 7.30. The fraction of sp³-hybridized carbons (Fsp3) is 0.400. The quantitative estimate of drug-likeness (QED) is 0.466. The summed E-state index contributed by atoms with van der Waals surface area (Å²) in [6, 6.07) is 8.07. The summed E-state index contributed by atoms with van der Waals surface area (Å²) in [4.78, 5) is 12.5.